The van der Waals surface area contributed by atoms with E-state index in [4.69, 9.17) is 0 Å². The number of benzene rings is 1. The van der Waals surface area contributed by atoms with Crippen molar-refractivity contribution in [1.29, 1.82) is 0 Å². The van der Waals surface area contributed by atoms with Gasteiger partial charge in [0.05, 0.1) is 23.1 Å². The lowest BCUT2D eigenvalue weighted by molar-refractivity contribution is -0.135. The maximum atomic E-state index is 13.0. The van der Waals surface area contributed by atoms with Crippen molar-refractivity contribution in [2.75, 3.05) is 0 Å². The molecule has 0 aliphatic heterocycles. The number of hydrogen-bond acceptors (Lipinski definition) is 4. The van der Waals surface area contributed by atoms with Crippen LogP contribution in [0.3, 0.4) is 0 Å². The van der Waals surface area contributed by atoms with Crippen molar-refractivity contribution in [1.82, 2.24) is 24.8 Å². The first-order valence-electron chi connectivity index (χ1n) is 9.82. The number of pyridine rings is 1. The fourth-order valence-corrected chi connectivity index (χ4v) is 3.58. The molecule has 0 aliphatic rings. The number of aromatic nitrogens is 3. The van der Waals surface area contributed by atoms with E-state index in [0.29, 0.717) is 11.4 Å². The Morgan fingerprint density at radius 3 is 2.45 bits per heavy atom. The minimum atomic E-state index is -0.228. The van der Waals surface area contributed by atoms with Crippen LogP contribution in [0, 0.1) is 0 Å². The molecule has 0 fully saturated rings. The summed E-state index contributed by atoms with van der Waals surface area (Å²) in [6.45, 7) is 8.45. The van der Waals surface area contributed by atoms with E-state index in [0.717, 1.165) is 11.0 Å². The van der Waals surface area contributed by atoms with E-state index in [1.165, 1.54) is 6.20 Å². The van der Waals surface area contributed by atoms with E-state index in [1.54, 1.807) is 18.3 Å². The standard InChI is InChI=1S/C22H27N5O2/c1-15(2)27(16(3)4)21(28)14-26-19-10-6-5-9-18(19)25-20(26)13-24-22(29)17-8-7-11-23-12-17/h5-12,15-16H,13-14H2,1-4H3,(H,24,29). The molecule has 1 aromatic carbocycles. The molecule has 3 rings (SSSR count). The number of amides is 2. The second-order valence-electron chi connectivity index (χ2n) is 7.52. The molecule has 0 aliphatic carbocycles. The second kappa shape index (κ2) is 8.86. The van der Waals surface area contributed by atoms with Crippen molar-refractivity contribution in [3.05, 3.63) is 60.2 Å². The summed E-state index contributed by atoms with van der Waals surface area (Å²) in [5, 5.41) is 2.88. The van der Waals surface area contributed by atoms with E-state index >= 15 is 0 Å². The van der Waals surface area contributed by atoms with Crippen molar-refractivity contribution >= 4 is 22.8 Å². The molecule has 29 heavy (non-hydrogen) atoms. The monoisotopic (exact) mass is 393 g/mol. The molecule has 0 saturated carbocycles. The third kappa shape index (κ3) is 4.62. The van der Waals surface area contributed by atoms with Crippen LogP contribution in [0.25, 0.3) is 11.0 Å². The molecular weight excluding hydrogens is 366 g/mol. The summed E-state index contributed by atoms with van der Waals surface area (Å²) in [6.07, 6.45) is 3.14. The average Bonchev–Trinajstić information content (AvgIpc) is 3.03. The average molecular weight is 393 g/mol. The Bertz CT molecular complexity index is 987. The number of rotatable bonds is 7. The Morgan fingerprint density at radius 2 is 1.79 bits per heavy atom. The lowest BCUT2D eigenvalue weighted by atomic mass is 10.2. The number of nitrogens with zero attached hydrogens (tertiary/aromatic N) is 4. The summed E-state index contributed by atoms with van der Waals surface area (Å²) in [6, 6.07) is 11.3. The first-order chi connectivity index (χ1) is 13.9. The van der Waals surface area contributed by atoms with E-state index in [-0.39, 0.29) is 37.0 Å². The predicted molar refractivity (Wildman–Crippen MR) is 112 cm³/mol. The maximum absolute atomic E-state index is 13.0. The van der Waals surface area contributed by atoms with Gasteiger partial charge in [-0.1, -0.05) is 12.1 Å². The minimum Gasteiger partial charge on any atom is -0.345 e. The van der Waals surface area contributed by atoms with Crippen LogP contribution >= 0.6 is 0 Å². The zero-order valence-electron chi connectivity index (χ0n) is 17.3. The van der Waals surface area contributed by atoms with Crippen LogP contribution in [0.15, 0.2) is 48.8 Å². The van der Waals surface area contributed by atoms with Crippen molar-refractivity contribution < 1.29 is 9.59 Å². The van der Waals surface area contributed by atoms with Gasteiger partial charge in [-0.3, -0.25) is 14.6 Å². The first kappa shape index (κ1) is 20.5. The maximum Gasteiger partial charge on any atom is 0.253 e. The van der Waals surface area contributed by atoms with Crippen molar-refractivity contribution in [2.45, 2.75) is 52.9 Å². The van der Waals surface area contributed by atoms with E-state index in [2.05, 4.69) is 15.3 Å². The van der Waals surface area contributed by atoms with Crippen LogP contribution in [0.1, 0.15) is 43.9 Å². The highest BCUT2D eigenvalue weighted by Crippen LogP contribution is 2.18. The molecule has 1 N–H and O–H groups in total. The quantitative estimate of drug-likeness (QED) is 0.669. The van der Waals surface area contributed by atoms with Crippen LogP contribution in [0.5, 0.6) is 0 Å². The lowest BCUT2D eigenvalue weighted by Crippen LogP contribution is -2.44. The fourth-order valence-electron chi connectivity index (χ4n) is 3.58. The van der Waals surface area contributed by atoms with Gasteiger partial charge in [-0.15, -0.1) is 0 Å². The van der Waals surface area contributed by atoms with Crippen LogP contribution in [-0.4, -0.2) is 43.3 Å². The number of carbonyl (C=O) groups excluding carboxylic acids is 2. The Morgan fingerprint density at radius 1 is 1.07 bits per heavy atom. The molecule has 0 bridgehead atoms. The van der Waals surface area contributed by atoms with Crippen LogP contribution in [0.2, 0.25) is 0 Å². The predicted octanol–water partition coefficient (Wildman–Crippen LogP) is 3.01. The van der Waals surface area contributed by atoms with Gasteiger partial charge in [0.25, 0.3) is 5.91 Å². The summed E-state index contributed by atoms with van der Waals surface area (Å²) >= 11 is 0. The van der Waals surface area contributed by atoms with Gasteiger partial charge < -0.3 is 14.8 Å². The molecule has 0 atom stereocenters. The molecule has 152 valence electrons. The van der Waals surface area contributed by atoms with Gasteiger partial charge in [0.2, 0.25) is 5.91 Å². The van der Waals surface area contributed by atoms with Gasteiger partial charge in [0.15, 0.2) is 0 Å². The summed E-state index contributed by atoms with van der Waals surface area (Å²) in [7, 11) is 0. The highest BCUT2D eigenvalue weighted by atomic mass is 16.2. The van der Waals surface area contributed by atoms with Crippen molar-refractivity contribution in [3.8, 4) is 0 Å². The summed E-state index contributed by atoms with van der Waals surface area (Å²) in [5.41, 5.74) is 2.16. The minimum absolute atomic E-state index is 0.0259. The number of imidazole rings is 1. The molecule has 0 radical (unpaired) electrons. The van der Waals surface area contributed by atoms with Gasteiger partial charge in [0, 0.05) is 24.5 Å². The number of carbonyl (C=O) groups is 2. The fraction of sp³-hybridized carbons (Fsp3) is 0.364. The van der Waals surface area contributed by atoms with Crippen LogP contribution < -0.4 is 5.32 Å². The smallest absolute Gasteiger partial charge is 0.253 e. The van der Waals surface area contributed by atoms with E-state index in [9.17, 15) is 9.59 Å². The second-order valence-corrected chi connectivity index (χ2v) is 7.52. The first-order valence-corrected chi connectivity index (χ1v) is 9.82. The Balaban J connectivity index is 1.86. The van der Waals surface area contributed by atoms with Crippen LogP contribution in [0.4, 0.5) is 0 Å². The Hall–Kier alpha value is -3.22. The molecule has 0 unspecified atom stereocenters. The van der Waals surface area contributed by atoms with Gasteiger partial charge >= 0.3 is 0 Å². The normalized spacial score (nSPS) is 11.2. The number of nitrogens with one attached hydrogen (secondary N) is 1. The molecule has 3 aromatic rings. The molecule has 7 nitrogen and oxygen atoms in total. The summed E-state index contributed by atoms with van der Waals surface area (Å²) in [5.74, 6) is 0.441. The highest BCUT2D eigenvalue weighted by Gasteiger charge is 2.22. The van der Waals surface area contributed by atoms with Crippen molar-refractivity contribution in [3.63, 3.8) is 0 Å². The van der Waals surface area contributed by atoms with Gasteiger partial charge in [-0.05, 0) is 52.0 Å². The molecule has 2 amide bonds. The topological polar surface area (TPSA) is 80.1 Å². The molecule has 0 spiro atoms. The van der Waals surface area contributed by atoms with Gasteiger partial charge in [0.1, 0.15) is 12.4 Å². The zero-order valence-corrected chi connectivity index (χ0v) is 17.3. The number of hydrogen-bond donors (Lipinski definition) is 1. The molecule has 2 heterocycles. The van der Waals surface area contributed by atoms with Gasteiger partial charge in [-0.2, -0.15) is 0 Å². The van der Waals surface area contributed by atoms with Crippen LogP contribution in [-0.2, 0) is 17.9 Å². The SMILES string of the molecule is CC(C)N(C(=O)Cn1c(CNC(=O)c2cccnc2)nc2ccccc21)C(C)C. The third-order valence-electron chi connectivity index (χ3n) is 4.76. The number of para-hydroxylation sites is 2. The highest BCUT2D eigenvalue weighted by molar-refractivity contribution is 5.93. The lowest BCUT2D eigenvalue weighted by Gasteiger charge is -2.31. The summed E-state index contributed by atoms with van der Waals surface area (Å²) < 4.78 is 1.89. The molecular formula is C22H27N5O2. The summed E-state index contributed by atoms with van der Waals surface area (Å²) in [4.78, 5) is 35.9. The van der Waals surface area contributed by atoms with Gasteiger partial charge in [-0.25, -0.2) is 4.98 Å². The van der Waals surface area contributed by atoms with E-state index in [1.807, 2.05) is 61.4 Å². The van der Waals surface area contributed by atoms with Crippen molar-refractivity contribution in [2.24, 2.45) is 0 Å². The third-order valence-corrected chi connectivity index (χ3v) is 4.76. The molecule has 7 heteroatoms. The Labute approximate surface area is 170 Å². The Kier molecular flexibility index (Phi) is 6.26. The number of fused-ring (bicyclic) bond motifs is 1. The molecule has 2 aromatic heterocycles. The van der Waals surface area contributed by atoms with E-state index < -0.39 is 0 Å². The zero-order chi connectivity index (χ0) is 21.0. The largest absolute Gasteiger partial charge is 0.345 e. The molecule has 0 saturated heterocycles.